The summed E-state index contributed by atoms with van der Waals surface area (Å²) in [6, 6.07) is 4.90. The molecule has 2 N–H and O–H groups in total. The fourth-order valence-corrected chi connectivity index (χ4v) is 3.78. The van der Waals surface area contributed by atoms with Crippen LogP contribution in [-0.4, -0.2) is 27.7 Å². The molecule has 0 aliphatic heterocycles. The smallest absolute Gasteiger partial charge is 0.269 e. The molecule has 0 saturated carbocycles. The molecule has 1 unspecified atom stereocenters. The van der Waals surface area contributed by atoms with Gasteiger partial charge in [-0.25, -0.2) is 13.8 Å². The molecule has 156 valence electrons. The lowest BCUT2D eigenvalue weighted by Gasteiger charge is -2.20. The molecule has 1 atom stereocenters. The number of fused-ring (bicyclic) bond motifs is 1. The van der Waals surface area contributed by atoms with Gasteiger partial charge in [-0.3, -0.25) is 14.0 Å². The van der Waals surface area contributed by atoms with Gasteiger partial charge in [-0.15, -0.1) is 11.3 Å². The number of nitrogens with one attached hydrogen (secondary N) is 2. The van der Waals surface area contributed by atoms with Gasteiger partial charge in [-0.05, 0) is 6.07 Å². The largest absolute Gasteiger partial charge is 0.453 e. The first-order chi connectivity index (χ1) is 15.0. The number of aromatic nitrogens is 2. The van der Waals surface area contributed by atoms with E-state index < -0.39 is 29.5 Å². The van der Waals surface area contributed by atoms with E-state index in [4.69, 9.17) is 9.68 Å². The third-order valence-electron chi connectivity index (χ3n) is 4.47. The normalized spacial score (nSPS) is 11.8. The number of furan rings is 1. The van der Waals surface area contributed by atoms with Crippen LogP contribution in [0.5, 0.6) is 0 Å². The van der Waals surface area contributed by atoms with Gasteiger partial charge in [-0.1, -0.05) is 6.07 Å². The first-order valence-electron chi connectivity index (χ1n) is 8.88. The number of imidazole rings is 1. The van der Waals surface area contributed by atoms with E-state index in [0.29, 0.717) is 11.8 Å². The molecule has 31 heavy (non-hydrogen) atoms. The molecule has 0 spiro atoms. The maximum Gasteiger partial charge on any atom is 0.269 e. The second-order valence-electron chi connectivity index (χ2n) is 6.44. The van der Waals surface area contributed by atoms with Crippen molar-refractivity contribution < 1.29 is 22.8 Å². The summed E-state index contributed by atoms with van der Waals surface area (Å²) >= 11 is 1.33. The molecule has 3 aromatic heterocycles. The Kier molecular flexibility index (Phi) is 5.46. The zero-order chi connectivity index (χ0) is 22.0. The van der Waals surface area contributed by atoms with Gasteiger partial charge >= 0.3 is 0 Å². The van der Waals surface area contributed by atoms with Crippen molar-refractivity contribution >= 4 is 28.0 Å². The summed E-state index contributed by atoms with van der Waals surface area (Å²) in [5.74, 6) is -2.83. The molecule has 1 aromatic carbocycles. The van der Waals surface area contributed by atoms with Crippen LogP contribution in [0.2, 0.25) is 0 Å². The molecule has 0 aliphatic rings. The third-order valence-corrected chi connectivity index (χ3v) is 5.35. The summed E-state index contributed by atoms with van der Waals surface area (Å²) in [5.41, 5.74) is 0.362. The van der Waals surface area contributed by atoms with Gasteiger partial charge in [0.15, 0.2) is 0 Å². The number of amides is 2. The summed E-state index contributed by atoms with van der Waals surface area (Å²) in [5, 5.41) is 15.7. The maximum atomic E-state index is 14.4. The first-order valence-corrected chi connectivity index (χ1v) is 9.76. The molecule has 4 rings (SSSR count). The van der Waals surface area contributed by atoms with E-state index in [1.165, 1.54) is 29.8 Å². The predicted octanol–water partition coefficient (Wildman–Crippen LogP) is 3.04. The molecule has 4 aromatic rings. The summed E-state index contributed by atoms with van der Waals surface area (Å²) in [7, 11) is 0. The van der Waals surface area contributed by atoms with Gasteiger partial charge in [0.25, 0.3) is 11.8 Å². The zero-order valence-electron chi connectivity index (χ0n) is 15.6. The molecule has 0 bridgehead atoms. The van der Waals surface area contributed by atoms with Crippen LogP contribution in [0.1, 0.15) is 38.2 Å². The lowest BCUT2D eigenvalue weighted by Crippen LogP contribution is -2.38. The Hall–Kier alpha value is -4.04. The van der Waals surface area contributed by atoms with Gasteiger partial charge in [0.2, 0.25) is 5.76 Å². The fraction of sp³-hybridized carbons (Fsp3) is 0.100. The molecule has 2 amide bonds. The number of hydrogen-bond donors (Lipinski definition) is 2. The predicted molar refractivity (Wildman–Crippen MR) is 105 cm³/mol. The number of nitriles is 1. The van der Waals surface area contributed by atoms with Crippen molar-refractivity contribution in [1.29, 1.82) is 5.26 Å². The minimum Gasteiger partial charge on any atom is -0.453 e. The molecule has 8 nitrogen and oxygen atoms in total. The van der Waals surface area contributed by atoms with E-state index in [2.05, 4.69) is 15.6 Å². The standard InChI is InChI=1S/C20H13F2N5O3S/c21-12-1-2-14(15(22)4-12)16(26-19(28)11-3-13(5-23)30-8-11)6-25-20(29)17-9-31-18-7-24-10-27(17)18/h1-4,7-10,16H,6H2,(H,25,29)(H,26,28). The SMILES string of the molecule is N#Cc1cc(C(=O)NC(CNC(=O)c2csc3cncn23)c2ccc(F)cc2F)co1. The number of benzene rings is 1. The summed E-state index contributed by atoms with van der Waals surface area (Å²) in [6.07, 6.45) is 4.19. The second kappa shape index (κ2) is 8.37. The van der Waals surface area contributed by atoms with E-state index in [9.17, 15) is 18.4 Å². The molecule has 0 fully saturated rings. The molecule has 0 radical (unpaired) electrons. The number of thiazole rings is 1. The number of hydrogen-bond acceptors (Lipinski definition) is 6. The number of carbonyl (C=O) groups is 2. The van der Waals surface area contributed by atoms with Gasteiger partial charge in [0.05, 0.1) is 17.8 Å². The Bertz CT molecular complexity index is 1320. The van der Waals surface area contributed by atoms with Crippen LogP contribution in [-0.2, 0) is 0 Å². The maximum absolute atomic E-state index is 14.4. The summed E-state index contributed by atoms with van der Waals surface area (Å²) in [6.45, 7) is -0.178. The molecule has 0 saturated heterocycles. The third kappa shape index (κ3) is 4.15. The van der Waals surface area contributed by atoms with Crippen molar-refractivity contribution in [3.8, 4) is 6.07 Å². The van der Waals surface area contributed by atoms with Crippen molar-refractivity contribution in [2.45, 2.75) is 6.04 Å². The molecule has 0 aliphatic carbocycles. The zero-order valence-corrected chi connectivity index (χ0v) is 16.5. The van der Waals surface area contributed by atoms with Crippen molar-refractivity contribution in [2.24, 2.45) is 0 Å². The molecule has 11 heteroatoms. The van der Waals surface area contributed by atoms with Crippen LogP contribution in [0.25, 0.3) is 4.83 Å². The van der Waals surface area contributed by atoms with Crippen molar-refractivity contribution in [3.63, 3.8) is 0 Å². The van der Waals surface area contributed by atoms with Gasteiger partial charge in [0.1, 0.15) is 40.8 Å². The van der Waals surface area contributed by atoms with Crippen LogP contribution in [0.3, 0.4) is 0 Å². The minimum absolute atomic E-state index is 0.0165. The number of rotatable bonds is 6. The highest BCUT2D eigenvalue weighted by Gasteiger charge is 2.22. The Morgan fingerprint density at radius 2 is 2.13 bits per heavy atom. The van der Waals surface area contributed by atoms with E-state index >= 15 is 0 Å². The monoisotopic (exact) mass is 441 g/mol. The van der Waals surface area contributed by atoms with E-state index in [-0.39, 0.29) is 23.4 Å². The van der Waals surface area contributed by atoms with Gasteiger partial charge in [0, 0.05) is 29.6 Å². The summed E-state index contributed by atoms with van der Waals surface area (Å²) in [4.78, 5) is 29.9. The Morgan fingerprint density at radius 1 is 1.29 bits per heavy atom. The number of nitrogens with zero attached hydrogens (tertiary/aromatic N) is 3. The highest BCUT2D eigenvalue weighted by molar-refractivity contribution is 7.15. The number of halogens is 2. The average molecular weight is 441 g/mol. The summed E-state index contributed by atoms with van der Waals surface area (Å²) < 4.78 is 34.3. The lowest BCUT2D eigenvalue weighted by molar-refractivity contribution is 0.0905. The van der Waals surface area contributed by atoms with Crippen molar-refractivity contribution in [1.82, 2.24) is 20.0 Å². The topological polar surface area (TPSA) is 112 Å². The van der Waals surface area contributed by atoms with Crippen LogP contribution >= 0.6 is 11.3 Å². The highest BCUT2D eigenvalue weighted by Crippen LogP contribution is 2.20. The van der Waals surface area contributed by atoms with Crippen molar-refractivity contribution in [2.75, 3.05) is 6.54 Å². The minimum atomic E-state index is -1.02. The number of carbonyl (C=O) groups excluding carboxylic acids is 2. The second-order valence-corrected chi connectivity index (χ2v) is 7.33. The Morgan fingerprint density at radius 3 is 2.87 bits per heavy atom. The van der Waals surface area contributed by atoms with Gasteiger partial charge < -0.3 is 15.1 Å². The Balaban J connectivity index is 1.56. The van der Waals surface area contributed by atoms with E-state index in [1.807, 2.05) is 0 Å². The molecular weight excluding hydrogens is 428 g/mol. The molecule has 3 heterocycles. The molecular formula is C20H13F2N5O3S. The highest BCUT2D eigenvalue weighted by atomic mass is 32.1. The van der Waals surface area contributed by atoms with Gasteiger partial charge in [-0.2, -0.15) is 5.26 Å². The Labute approximate surface area is 177 Å². The average Bonchev–Trinajstić information content (AvgIpc) is 3.47. The van der Waals surface area contributed by atoms with Crippen molar-refractivity contribution in [3.05, 3.63) is 82.6 Å². The van der Waals surface area contributed by atoms with E-state index in [0.717, 1.165) is 17.2 Å². The van der Waals surface area contributed by atoms with Crippen LogP contribution < -0.4 is 10.6 Å². The van der Waals surface area contributed by atoms with Crippen LogP contribution in [0.15, 0.2) is 52.9 Å². The fourth-order valence-electron chi connectivity index (χ4n) is 2.95. The van der Waals surface area contributed by atoms with E-state index in [1.54, 1.807) is 22.0 Å². The quantitative estimate of drug-likeness (QED) is 0.478. The van der Waals surface area contributed by atoms with Crippen LogP contribution in [0, 0.1) is 23.0 Å². The lowest BCUT2D eigenvalue weighted by atomic mass is 10.1. The van der Waals surface area contributed by atoms with Crippen LogP contribution in [0.4, 0.5) is 8.78 Å². The first kappa shape index (κ1) is 20.2.